The molecule has 2 aromatic carbocycles. The summed E-state index contributed by atoms with van der Waals surface area (Å²) < 4.78 is 45.9. The number of hydrogen-bond acceptors (Lipinski definition) is 7. The molecule has 4 aromatic rings. The maximum Gasteiger partial charge on any atom is 0.264 e. The quantitative estimate of drug-likeness (QED) is 0.401. The zero-order valence-corrected chi connectivity index (χ0v) is 18.5. The van der Waals surface area contributed by atoms with E-state index in [-0.39, 0.29) is 21.8 Å². The van der Waals surface area contributed by atoms with Crippen LogP contribution in [0.25, 0.3) is 11.3 Å². The van der Waals surface area contributed by atoms with Gasteiger partial charge in [0.05, 0.1) is 21.3 Å². The van der Waals surface area contributed by atoms with Crippen molar-refractivity contribution in [3.05, 3.63) is 76.8 Å². The maximum atomic E-state index is 13.3. The van der Waals surface area contributed by atoms with Crippen LogP contribution in [0.4, 0.5) is 21.9 Å². The molecular weight excluding hydrogens is 457 g/mol. The lowest BCUT2D eigenvalue weighted by Gasteiger charge is -2.09. The third-order valence-corrected chi connectivity index (χ3v) is 6.33. The molecule has 0 aliphatic carbocycles. The number of sulfonamides is 1. The normalized spacial score (nSPS) is 11.4. The van der Waals surface area contributed by atoms with E-state index in [4.69, 9.17) is 16.1 Å². The van der Waals surface area contributed by atoms with Crippen LogP contribution < -0.4 is 10.0 Å². The topological polar surface area (TPSA) is 110 Å². The molecule has 0 radical (unpaired) electrons. The van der Waals surface area contributed by atoms with E-state index in [2.05, 4.69) is 25.2 Å². The number of aromatic nitrogens is 3. The Bertz CT molecular complexity index is 1390. The van der Waals surface area contributed by atoms with Crippen LogP contribution in [0.3, 0.4) is 0 Å². The second-order valence-electron chi connectivity index (χ2n) is 6.87. The minimum Gasteiger partial charge on any atom is -0.337 e. The van der Waals surface area contributed by atoms with E-state index in [1.54, 1.807) is 32.0 Å². The van der Waals surface area contributed by atoms with E-state index < -0.39 is 15.8 Å². The van der Waals surface area contributed by atoms with Gasteiger partial charge in [-0.15, -0.1) is 0 Å². The number of nitrogens with zero attached hydrogens (tertiary/aromatic N) is 3. The van der Waals surface area contributed by atoms with Crippen LogP contribution >= 0.6 is 11.6 Å². The highest BCUT2D eigenvalue weighted by Gasteiger charge is 2.19. The number of benzene rings is 2. The van der Waals surface area contributed by atoms with Crippen molar-refractivity contribution in [3.8, 4) is 11.3 Å². The molecule has 0 saturated heterocycles. The number of hydrogen-bond donors (Lipinski definition) is 2. The largest absolute Gasteiger partial charge is 0.337 e. The van der Waals surface area contributed by atoms with Crippen LogP contribution in [0.2, 0.25) is 5.02 Å². The van der Waals surface area contributed by atoms with Gasteiger partial charge in [0.25, 0.3) is 10.0 Å². The van der Waals surface area contributed by atoms with E-state index in [9.17, 15) is 12.8 Å². The number of nitrogens with one attached hydrogen (secondary N) is 2. The summed E-state index contributed by atoms with van der Waals surface area (Å²) >= 11 is 6.11. The molecule has 0 bridgehead atoms. The molecule has 0 fully saturated rings. The molecule has 0 amide bonds. The Morgan fingerprint density at radius 3 is 2.47 bits per heavy atom. The first-order chi connectivity index (χ1) is 15.2. The molecule has 0 unspecified atom stereocenters. The van der Waals surface area contributed by atoms with E-state index in [1.165, 1.54) is 36.5 Å². The predicted molar refractivity (Wildman–Crippen MR) is 119 cm³/mol. The summed E-state index contributed by atoms with van der Waals surface area (Å²) in [5.74, 6) is -0.0944. The first kappa shape index (κ1) is 21.7. The summed E-state index contributed by atoms with van der Waals surface area (Å²) in [5.41, 5.74) is 2.85. The van der Waals surface area contributed by atoms with Crippen molar-refractivity contribution >= 4 is 39.1 Å². The van der Waals surface area contributed by atoms with Gasteiger partial charge >= 0.3 is 0 Å². The zero-order chi connectivity index (χ0) is 22.9. The Balaban J connectivity index is 1.52. The Kier molecular flexibility index (Phi) is 5.81. The minimum atomic E-state index is -3.85. The summed E-state index contributed by atoms with van der Waals surface area (Å²) in [5, 5.41) is 6.97. The number of rotatable bonds is 6. The van der Waals surface area contributed by atoms with Crippen LogP contribution in [0.15, 0.2) is 64.1 Å². The minimum absolute atomic E-state index is 0.0456. The van der Waals surface area contributed by atoms with Gasteiger partial charge in [-0.25, -0.2) is 27.5 Å². The highest BCUT2D eigenvalue weighted by atomic mass is 35.5. The molecule has 0 saturated carbocycles. The van der Waals surface area contributed by atoms with Crippen LogP contribution in [0, 0.1) is 19.7 Å². The first-order valence-corrected chi connectivity index (χ1v) is 11.2. The average Bonchev–Trinajstić information content (AvgIpc) is 3.06. The molecule has 0 aliphatic heterocycles. The molecule has 8 nitrogen and oxygen atoms in total. The van der Waals surface area contributed by atoms with E-state index >= 15 is 0 Å². The summed E-state index contributed by atoms with van der Waals surface area (Å²) in [6.07, 6.45) is 1.54. The lowest BCUT2D eigenvalue weighted by molar-refractivity contribution is 0.430. The van der Waals surface area contributed by atoms with Crippen molar-refractivity contribution < 1.29 is 17.3 Å². The summed E-state index contributed by atoms with van der Waals surface area (Å²) in [6, 6.07) is 11.7. The predicted octanol–water partition coefficient (Wildman–Crippen LogP) is 5.09. The molecule has 2 heterocycles. The van der Waals surface area contributed by atoms with Crippen molar-refractivity contribution in [2.24, 2.45) is 0 Å². The maximum absolute atomic E-state index is 13.3. The summed E-state index contributed by atoms with van der Waals surface area (Å²) in [7, 11) is -3.85. The van der Waals surface area contributed by atoms with Gasteiger partial charge in [-0.1, -0.05) is 16.8 Å². The molecule has 32 heavy (non-hydrogen) atoms. The van der Waals surface area contributed by atoms with Gasteiger partial charge in [-0.2, -0.15) is 0 Å². The van der Waals surface area contributed by atoms with Crippen LogP contribution in [-0.4, -0.2) is 23.5 Å². The third-order valence-electron chi connectivity index (χ3n) is 4.67. The highest BCUT2D eigenvalue weighted by Crippen LogP contribution is 2.28. The van der Waals surface area contributed by atoms with Crippen LogP contribution in [0.1, 0.15) is 11.3 Å². The molecule has 2 aromatic heterocycles. The van der Waals surface area contributed by atoms with Crippen LogP contribution in [-0.2, 0) is 10.0 Å². The van der Waals surface area contributed by atoms with E-state index in [0.29, 0.717) is 28.2 Å². The SMILES string of the molecule is Cc1noc(NS(=O)(=O)c2ccc(Nc3nccc(-c4ccc(F)cc4Cl)n3)cc2)c1C. The van der Waals surface area contributed by atoms with Gasteiger partial charge in [0, 0.05) is 23.0 Å². The van der Waals surface area contributed by atoms with Gasteiger partial charge in [-0.05, 0) is 62.4 Å². The van der Waals surface area contributed by atoms with Gasteiger partial charge in [-0.3, -0.25) is 0 Å². The monoisotopic (exact) mass is 473 g/mol. The van der Waals surface area contributed by atoms with Gasteiger partial charge < -0.3 is 9.84 Å². The highest BCUT2D eigenvalue weighted by molar-refractivity contribution is 7.92. The standard InChI is InChI=1S/C21H17ClFN5O3S/c1-12-13(2)27-31-20(12)28-32(29,30)16-6-4-15(5-7-16)25-21-24-10-9-19(26-21)17-8-3-14(23)11-18(17)22/h3-11,28H,1-2H3,(H,24,25,26). The Morgan fingerprint density at radius 2 is 1.81 bits per heavy atom. The van der Waals surface area contributed by atoms with Gasteiger partial charge in [0.15, 0.2) is 0 Å². The molecule has 0 aliphatic rings. The Morgan fingerprint density at radius 1 is 1.06 bits per heavy atom. The number of halogens is 2. The second-order valence-corrected chi connectivity index (χ2v) is 8.96. The molecular formula is C21H17ClFN5O3S. The lowest BCUT2D eigenvalue weighted by atomic mass is 10.1. The molecule has 4 rings (SSSR count). The zero-order valence-electron chi connectivity index (χ0n) is 16.9. The third kappa shape index (κ3) is 4.56. The first-order valence-electron chi connectivity index (χ1n) is 9.34. The van der Waals surface area contributed by atoms with Crippen molar-refractivity contribution in [2.45, 2.75) is 18.7 Å². The van der Waals surface area contributed by atoms with E-state index in [0.717, 1.165) is 0 Å². The fourth-order valence-electron chi connectivity index (χ4n) is 2.80. The Hall–Kier alpha value is -3.50. The smallest absolute Gasteiger partial charge is 0.264 e. The average molecular weight is 474 g/mol. The molecule has 11 heteroatoms. The van der Waals surface area contributed by atoms with Crippen molar-refractivity contribution in [2.75, 3.05) is 10.0 Å². The molecule has 0 spiro atoms. The Labute approximate surface area is 188 Å². The molecule has 0 atom stereocenters. The lowest BCUT2D eigenvalue weighted by Crippen LogP contribution is -2.13. The fraction of sp³-hybridized carbons (Fsp3) is 0.0952. The van der Waals surface area contributed by atoms with E-state index in [1.807, 2.05) is 0 Å². The molecule has 164 valence electrons. The second kappa shape index (κ2) is 8.56. The van der Waals surface area contributed by atoms with Crippen molar-refractivity contribution in [1.82, 2.24) is 15.1 Å². The summed E-state index contributed by atoms with van der Waals surface area (Å²) in [4.78, 5) is 8.59. The molecule has 2 N–H and O–H groups in total. The van der Waals surface area contributed by atoms with Crippen molar-refractivity contribution in [1.29, 1.82) is 0 Å². The van der Waals surface area contributed by atoms with Gasteiger partial charge in [0.2, 0.25) is 11.8 Å². The summed E-state index contributed by atoms with van der Waals surface area (Å²) in [6.45, 7) is 3.43. The van der Waals surface area contributed by atoms with Crippen LogP contribution in [0.5, 0.6) is 0 Å². The van der Waals surface area contributed by atoms with Crippen molar-refractivity contribution in [3.63, 3.8) is 0 Å². The van der Waals surface area contributed by atoms with Gasteiger partial charge in [0.1, 0.15) is 5.82 Å². The number of aryl methyl sites for hydroxylation is 1. The number of anilines is 3. The fourth-order valence-corrected chi connectivity index (χ4v) is 4.11.